The smallest absolute Gasteiger partial charge is 0.229 e. The Morgan fingerprint density at radius 2 is 2.10 bits per heavy atom. The summed E-state index contributed by atoms with van der Waals surface area (Å²) in [5.41, 5.74) is 1.87. The molecule has 2 N–H and O–H groups in total. The number of carbonyl (C=O) groups excluding carboxylic acids is 1. The number of carbonyl (C=O) groups is 1. The quantitative estimate of drug-likeness (QED) is 0.877. The van der Waals surface area contributed by atoms with E-state index in [0.29, 0.717) is 18.5 Å². The predicted molar refractivity (Wildman–Crippen MR) is 80.9 cm³/mol. The summed E-state index contributed by atoms with van der Waals surface area (Å²) < 4.78 is 0. The summed E-state index contributed by atoms with van der Waals surface area (Å²) in [4.78, 5) is 14.9. The maximum atomic E-state index is 12.8. The van der Waals surface area contributed by atoms with Gasteiger partial charge in [0.05, 0.1) is 17.6 Å². The molecule has 2 aromatic rings. The summed E-state index contributed by atoms with van der Waals surface area (Å²) >= 11 is 0. The Hall–Kier alpha value is -1.88. The molecule has 0 spiro atoms. The second-order valence-corrected chi connectivity index (χ2v) is 6.07. The van der Waals surface area contributed by atoms with Crippen LogP contribution in [0.1, 0.15) is 25.0 Å². The van der Waals surface area contributed by atoms with Crippen molar-refractivity contribution in [1.29, 1.82) is 0 Å². The molecule has 5 heteroatoms. The second kappa shape index (κ2) is 5.15. The van der Waals surface area contributed by atoms with E-state index in [0.717, 1.165) is 48.9 Å². The molecule has 3 heterocycles. The lowest BCUT2D eigenvalue weighted by Crippen LogP contribution is -2.43. The number of nitrogens with zero attached hydrogens (tertiary/aromatic N) is 2. The highest BCUT2D eigenvalue weighted by Gasteiger charge is 2.37. The van der Waals surface area contributed by atoms with Crippen LogP contribution in [0.4, 0.5) is 0 Å². The standard InChI is InChI=1S/C16H20N4O/c21-16(20-11-5-6-12(20)10-17-8-7-11)9-15-13-3-1-2-4-14(13)18-19-15/h1-4,11-12,17H,5-10H2,(H,18,19). The molecule has 1 aromatic heterocycles. The van der Waals surface area contributed by atoms with E-state index in [1.807, 2.05) is 24.3 Å². The van der Waals surface area contributed by atoms with Gasteiger partial charge in [-0.1, -0.05) is 18.2 Å². The number of H-pyrrole nitrogens is 1. The van der Waals surface area contributed by atoms with Gasteiger partial charge in [-0.3, -0.25) is 9.89 Å². The molecule has 0 saturated carbocycles. The zero-order chi connectivity index (χ0) is 14.2. The fourth-order valence-electron chi connectivity index (χ4n) is 3.78. The molecule has 2 atom stereocenters. The lowest BCUT2D eigenvalue weighted by molar-refractivity contribution is -0.133. The molecule has 2 saturated heterocycles. The topological polar surface area (TPSA) is 61.0 Å². The van der Waals surface area contributed by atoms with Gasteiger partial charge < -0.3 is 10.2 Å². The summed E-state index contributed by atoms with van der Waals surface area (Å²) in [5.74, 6) is 0.237. The van der Waals surface area contributed by atoms with E-state index in [4.69, 9.17) is 0 Å². The van der Waals surface area contributed by atoms with Crippen molar-refractivity contribution in [2.24, 2.45) is 0 Å². The molecule has 110 valence electrons. The first-order valence-electron chi connectivity index (χ1n) is 7.77. The Morgan fingerprint density at radius 1 is 1.24 bits per heavy atom. The molecule has 2 aliphatic heterocycles. The fourth-order valence-corrected chi connectivity index (χ4v) is 3.78. The van der Waals surface area contributed by atoms with Crippen molar-refractivity contribution in [3.8, 4) is 0 Å². The minimum absolute atomic E-state index is 0.237. The summed E-state index contributed by atoms with van der Waals surface area (Å²) in [6.45, 7) is 1.96. The summed E-state index contributed by atoms with van der Waals surface area (Å²) in [6, 6.07) is 8.76. The first kappa shape index (κ1) is 12.8. The number of amides is 1. The lowest BCUT2D eigenvalue weighted by Gasteiger charge is -2.27. The van der Waals surface area contributed by atoms with E-state index < -0.39 is 0 Å². The van der Waals surface area contributed by atoms with Crippen LogP contribution < -0.4 is 5.32 Å². The Kier molecular flexibility index (Phi) is 3.15. The van der Waals surface area contributed by atoms with Crippen LogP contribution >= 0.6 is 0 Å². The third kappa shape index (κ3) is 2.21. The number of rotatable bonds is 2. The van der Waals surface area contributed by atoms with Gasteiger partial charge in [0.1, 0.15) is 0 Å². The number of hydrogen-bond donors (Lipinski definition) is 2. The van der Waals surface area contributed by atoms with Crippen molar-refractivity contribution >= 4 is 16.8 Å². The minimum atomic E-state index is 0.237. The molecule has 2 fully saturated rings. The number of nitrogens with one attached hydrogen (secondary N) is 2. The molecule has 5 nitrogen and oxygen atoms in total. The van der Waals surface area contributed by atoms with Gasteiger partial charge in [-0.05, 0) is 31.9 Å². The van der Waals surface area contributed by atoms with E-state index in [1.54, 1.807) is 0 Å². The number of aromatic amines is 1. The molecule has 1 aromatic carbocycles. The largest absolute Gasteiger partial charge is 0.335 e. The highest BCUT2D eigenvalue weighted by Crippen LogP contribution is 2.29. The molecule has 4 rings (SSSR count). The van der Waals surface area contributed by atoms with Gasteiger partial charge >= 0.3 is 0 Å². The number of benzene rings is 1. The molecule has 0 radical (unpaired) electrons. The van der Waals surface area contributed by atoms with Crippen LogP contribution in [0.2, 0.25) is 0 Å². The maximum Gasteiger partial charge on any atom is 0.229 e. The molecule has 2 bridgehead atoms. The zero-order valence-electron chi connectivity index (χ0n) is 12.0. The number of aromatic nitrogens is 2. The van der Waals surface area contributed by atoms with E-state index in [1.165, 1.54) is 0 Å². The van der Waals surface area contributed by atoms with Crippen molar-refractivity contribution in [1.82, 2.24) is 20.4 Å². The van der Waals surface area contributed by atoms with Gasteiger partial charge in [0, 0.05) is 24.0 Å². The first-order chi connectivity index (χ1) is 10.3. The summed E-state index contributed by atoms with van der Waals surface area (Å²) in [5, 5.41) is 11.8. The van der Waals surface area contributed by atoms with Crippen molar-refractivity contribution in [3.05, 3.63) is 30.0 Å². The normalized spacial score (nSPS) is 25.2. The highest BCUT2D eigenvalue weighted by atomic mass is 16.2. The molecular weight excluding hydrogens is 264 g/mol. The van der Waals surface area contributed by atoms with Gasteiger partial charge in [-0.25, -0.2) is 0 Å². The van der Waals surface area contributed by atoms with E-state index in [-0.39, 0.29) is 5.91 Å². The van der Waals surface area contributed by atoms with Crippen molar-refractivity contribution in [2.75, 3.05) is 13.1 Å². The summed E-state index contributed by atoms with van der Waals surface area (Å²) in [6.07, 6.45) is 3.79. The van der Waals surface area contributed by atoms with Gasteiger partial charge in [-0.2, -0.15) is 5.10 Å². The molecular formula is C16H20N4O. The van der Waals surface area contributed by atoms with Crippen molar-refractivity contribution in [2.45, 2.75) is 37.8 Å². The maximum absolute atomic E-state index is 12.8. The molecule has 0 aliphatic carbocycles. The Bertz CT molecular complexity index is 651. The van der Waals surface area contributed by atoms with Crippen LogP contribution in [-0.4, -0.2) is 46.2 Å². The first-order valence-corrected chi connectivity index (χ1v) is 7.77. The summed E-state index contributed by atoms with van der Waals surface area (Å²) in [7, 11) is 0. The molecule has 21 heavy (non-hydrogen) atoms. The number of para-hydroxylation sites is 1. The fraction of sp³-hybridized carbons (Fsp3) is 0.500. The van der Waals surface area contributed by atoms with Crippen LogP contribution in [0.25, 0.3) is 10.9 Å². The van der Waals surface area contributed by atoms with Crippen molar-refractivity contribution in [3.63, 3.8) is 0 Å². The molecule has 1 amide bonds. The SMILES string of the molecule is O=C(Cc1[nH]nc2ccccc12)N1C2CCNCC1CC2. The predicted octanol–water partition coefficient (Wildman–Crippen LogP) is 1.46. The third-order valence-electron chi connectivity index (χ3n) is 4.81. The van der Waals surface area contributed by atoms with E-state index in [9.17, 15) is 4.79 Å². The van der Waals surface area contributed by atoms with Gasteiger partial charge in [-0.15, -0.1) is 0 Å². The van der Waals surface area contributed by atoms with E-state index in [2.05, 4.69) is 20.4 Å². The average Bonchev–Trinajstić information content (AvgIpc) is 2.99. The minimum Gasteiger partial charge on any atom is -0.335 e. The number of hydrogen-bond acceptors (Lipinski definition) is 3. The molecule has 2 aliphatic rings. The van der Waals surface area contributed by atoms with Crippen molar-refractivity contribution < 1.29 is 4.79 Å². The van der Waals surface area contributed by atoms with Crippen LogP contribution in [0.15, 0.2) is 24.3 Å². The second-order valence-electron chi connectivity index (χ2n) is 6.07. The number of fused-ring (bicyclic) bond motifs is 3. The van der Waals surface area contributed by atoms with Crippen LogP contribution in [0.5, 0.6) is 0 Å². The lowest BCUT2D eigenvalue weighted by atomic mass is 10.1. The van der Waals surface area contributed by atoms with Crippen LogP contribution in [0, 0.1) is 0 Å². The van der Waals surface area contributed by atoms with E-state index >= 15 is 0 Å². The Labute approximate surface area is 123 Å². The van der Waals surface area contributed by atoms with Crippen LogP contribution in [0.3, 0.4) is 0 Å². The average molecular weight is 284 g/mol. The monoisotopic (exact) mass is 284 g/mol. The van der Waals surface area contributed by atoms with Gasteiger partial charge in [0.2, 0.25) is 5.91 Å². The Morgan fingerprint density at radius 3 is 3.05 bits per heavy atom. The van der Waals surface area contributed by atoms with Gasteiger partial charge in [0.15, 0.2) is 0 Å². The molecule has 2 unspecified atom stereocenters. The van der Waals surface area contributed by atoms with Gasteiger partial charge in [0.25, 0.3) is 0 Å². The Balaban J connectivity index is 1.58. The zero-order valence-corrected chi connectivity index (χ0v) is 12.0. The highest BCUT2D eigenvalue weighted by molar-refractivity contribution is 5.87. The third-order valence-corrected chi connectivity index (χ3v) is 4.81. The van der Waals surface area contributed by atoms with Crippen LogP contribution in [-0.2, 0) is 11.2 Å².